The van der Waals surface area contributed by atoms with Gasteiger partial charge in [0.25, 0.3) is 0 Å². The number of piperazine rings is 1. The highest BCUT2D eigenvalue weighted by Crippen LogP contribution is 2.21. The molecule has 3 nitrogen and oxygen atoms in total. The van der Waals surface area contributed by atoms with Gasteiger partial charge >= 0.3 is 0 Å². The third-order valence-electron chi connectivity index (χ3n) is 4.37. The first-order valence-electron chi connectivity index (χ1n) is 7.63. The molecule has 0 amide bonds. The molecule has 3 heteroatoms. The van der Waals surface area contributed by atoms with Crippen molar-refractivity contribution >= 4 is 0 Å². The van der Waals surface area contributed by atoms with Crippen LogP contribution in [0.4, 0.5) is 0 Å². The number of hydrogen-bond donors (Lipinski definition) is 1. The fourth-order valence-corrected chi connectivity index (χ4v) is 2.66. The molecule has 0 bridgehead atoms. The summed E-state index contributed by atoms with van der Waals surface area (Å²) in [5.41, 5.74) is 0.326. The van der Waals surface area contributed by atoms with E-state index in [1.165, 1.54) is 45.4 Å². The third-order valence-corrected chi connectivity index (χ3v) is 4.37. The summed E-state index contributed by atoms with van der Waals surface area (Å²) in [5.74, 6) is 0. The van der Waals surface area contributed by atoms with E-state index in [9.17, 15) is 0 Å². The van der Waals surface area contributed by atoms with Gasteiger partial charge in [-0.05, 0) is 60.2 Å². The van der Waals surface area contributed by atoms with Crippen LogP contribution in [0.2, 0.25) is 0 Å². The minimum atomic E-state index is 0.326. The lowest BCUT2D eigenvalue weighted by Crippen LogP contribution is -2.59. The molecule has 0 aliphatic carbocycles. The first kappa shape index (κ1) is 15.9. The van der Waals surface area contributed by atoms with Gasteiger partial charge in [-0.15, -0.1) is 0 Å². The van der Waals surface area contributed by atoms with Gasteiger partial charge < -0.3 is 5.32 Å². The average molecular weight is 255 g/mol. The standard InChI is InChI=1S/C15H33N3/c1-6-9-16-10-7-8-14(2)18-12-11-17(5)15(3,4)13-18/h14,16H,6-13H2,1-5H3. The van der Waals surface area contributed by atoms with Crippen LogP contribution in [0, 0.1) is 0 Å². The van der Waals surface area contributed by atoms with E-state index in [1.807, 2.05) is 0 Å². The van der Waals surface area contributed by atoms with Crippen molar-refractivity contribution in [1.82, 2.24) is 15.1 Å². The molecule has 1 unspecified atom stereocenters. The number of rotatable bonds is 7. The maximum Gasteiger partial charge on any atom is 0.0277 e. The lowest BCUT2D eigenvalue weighted by atomic mass is 9.97. The maximum atomic E-state index is 3.49. The zero-order valence-corrected chi connectivity index (χ0v) is 13.1. The fourth-order valence-electron chi connectivity index (χ4n) is 2.66. The SMILES string of the molecule is CCCNCCCC(C)N1CCN(C)C(C)(C)C1. The number of nitrogens with zero attached hydrogens (tertiary/aromatic N) is 2. The van der Waals surface area contributed by atoms with Gasteiger partial charge in [-0.1, -0.05) is 6.92 Å². The maximum absolute atomic E-state index is 3.49. The Hall–Kier alpha value is -0.120. The van der Waals surface area contributed by atoms with Crippen LogP contribution in [0.25, 0.3) is 0 Å². The molecule has 1 heterocycles. The van der Waals surface area contributed by atoms with Crippen molar-refractivity contribution in [3.05, 3.63) is 0 Å². The Bertz CT molecular complexity index is 228. The topological polar surface area (TPSA) is 18.5 Å². The van der Waals surface area contributed by atoms with Gasteiger partial charge in [0.2, 0.25) is 0 Å². The van der Waals surface area contributed by atoms with Crippen LogP contribution in [-0.2, 0) is 0 Å². The lowest BCUT2D eigenvalue weighted by molar-refractivity contribution is 0.0185. The van der Waals surface area contributed by atoms with E-state index in [2.05, 4.69) is 49.9 Å². The molecule has 108 valence electrons. The zero-order valence-electron chi connectivity index (χ0n) is 13.1. The van der Waals surface area contributed by atoms with Crippen molar-refractivity contribution in [2.24, 2.45) is 0 Å². The molecular formula is C15H33N3. The largest absolute Gasteiger partial charge is 0.317 e. The summed E-state index contributed by atoms with van der Waals surface area (Å²) in [4.78, 5) is 5.15. The molecule has 0 spiro atoms. The number of hydrogen-bond acceptors (Lipinski definition) is 3. The normalized spacial score (nSPS) is 23.2. The highest BCUT2D eigenvalue weighted by Gasteiger charge is 2.32. The van der Waals surface area contributed by atoms with Gasteiger partial charge in [0.1, 0.15) is 0 Å². The molecule has 18 heavy (non-hydrogen) atoms. The number of likely N-dealkylation sites (N-methyl/N-ethyl adjacent to an activating group) is 1. The Kier molecular flexibility index (Phi) is 6.61. The van der Waals surface area contributed by atoms with Crippen LogP contribution in [0.3, 0.4) is 0 Å². The van der Waals surface area contributed by atoms with Crippen LogP contribution in [0.1, 0.15) is 47.0 Å². The van der Waals surface area contributed by atoms with Crippen molar-refractivity contribution in [1.29, 1.82) is 0 Å². The van der Waals surface area contributed by atoms with E-state index in [-0.39, 0.29) is 0 Å². The summed E-state index contributed by atoms with van der Waals surface area (Å²) in [6.07, 6.45) is 3.85. The first-order chi connectivity index (χ1) is 8.47. The highest BCUT2D eigenvalue weighted by molar-refractivity contribution is 4.89. The Morgan fingerprint density at radius 1 is 1.22 bits per heavy atom. The van der Waals surface area contributed by atoms with Crippen molar-refractivity contribution < 1.29 is 0 Å². The summed E-state index contributed by atoms with van der Waals surface area (Å²) < 4.78 is 0. The summed E-state index contributed by atoms with van der Waals surface area (Å²) in [6.45, 7) is 15.3. The molecular weight excluding hydrogens is 222 g/mol. The van der Waals surface area contributed by atoms with Gasteiger partial charge in [0.15, 0.2) is 0 Å². The van der Waals surface area contributed by atoms with Crippen molar-refractivity contribution in [2.45, 2.75) is 58.5 Å². The van der Waals surface area contributed by atoms with E-state index < -0.39 is 0 Å². The Labute approximate surface area is 114 Å². The van der Waals surface area contributed by atoms with Gasteiger partial charge in [0.05, 0.1) is 0 Å². The minimum absolute atomic E-state index is 0.326. The summed E-state index contributed by atoms with van der Waals surface area (Å²) in [6, 6.07) is 0.724. The second-order valence-corrected chi connectivity index (χ2v) is 6.45. The minimum Gasteiger partial charge on any atom is -0.317 e. The molecule has 1 atom stereocenters. The average Bonchev–Trinajstić information content (AvgIpc) is 2.32. The second-order valence-electron chi connectivity index (χ2n) is 6.45. The lowest BCUT2D eigenvalue weighted by Gasteiger charge is -2.47. The summed E-state index contributed by atoms with van der Waals surface area (Å²) in [7, 11) is 2.25. The third kappa shape index (κ3) is 4.87. The zero-order chi connectivity index (χ0) is 13.6. The van der Waals surface area contributed by atoms with Gasteiger partial charge in [-0.3, -0.25) is 9.80 Å². The molecule has 1 aliphatic rings. The molecule has 0 aromatic rings. The smallest absolute Gasteiger partial charge is 0.0277 e. The molecule has 1 rings (SSSR count). The molecule has 0 radical (unpaired) electrons. The van der Waals surface area contributed by atoms with Crippen LogP contribution in [0.15, 0.2) is 0 Å². The summed E-state index contributed by atoms with van der Waals surface area (Å²) in [5, 5.41) is 3.49. The molecule has 1 N–H and O–H groups in total. The monoisotopic (exact) mass is 255 g/mol. The van der Waals surface area contributed by atoms with Crippen molar-refractivity contribution in [2.75, 3.05) is 39.8 Å². The van der Waals surface area contributed by atoms with E-state index in [0.29, 0.717) is 5.54 Å². The van der Waals surface area contributed by atoms with Crippen LogP contribution in [0.5, 0.6) is 0 Å². The predicted molar refractivity (Wildman–Crippen MR) is 80.1 cm³/mol. The van der Waals surface area contributed by atoms with Gasteiger partial charge in [-0.2, -0.15) is 0 Å². The Morgan fingerprint density at radius 3 is 2.56 bits per heavy atom. The van der Waals surface area contributed by atoms with E-state index >= 15 is 0 Å². The predicted octanol–water partition coefficient (Wildman–Crippen LogP) is 2.18. The van der Waals surface area contributed by atoms with Gasteiger partial charge in [0, 0.05) is 31.2 Å². The Morgan fingerprint density at radius 2 is 1.94 bits per heavy atom. The molecule has 0 saturated carbocycles. The highest BCUT2D eigenvalue weighted by atomic mass is 15.3. The van der Waals surface area contributed by atoms with Crippen molar-refractivity contribution in [3.63, 3.8) is 0 Å². The number of nitrogens with one attached hydrogen (secondary N) is 1. The summed E-state index contributed by atoms with van der Waals surface area (Å²) >= 11 is 0. The molecule has 1 saturated heterocycles. The van der Waals surface area contributed by atoms with Crippen molar-refractivity contribution in [3.8, 4) is 0 Å². The van der Waals surface area contributed by atoms with Crippen LogP contribution >= 0.6 is 0 Å². The Balaban J connectivity index is 2.23. The molecule has 1 fully saturated rings. The van der Waals surface area contributed by atoms with Gasteiger partial charge in [-0.25, -0.2) is 0 Å². The quantitative estimate of drug-likeness (QED) is 0.704. The van der Waals surface area contributed by atoms with Crippen LogP contribution < -0.4 is 5.32 Å². The fraction of sp³-hybridized carbons (Fsp3) is 1.00. The van der Waals surface area contributed by atoms with Crippen LogP contribution in [-0.4, -0.2) is 61.2 Å². The van der Waals surface area contributed by atoms with E-state index in [0.717, 1.165) is 12.6 Å². The molecule has 0 aromatic carbocycles. The van der Waals surface area contributed by atoms with E-state index in [4.69, 9.17) is 0 Å². The second kappa shape index (κ2) is 7.46. The first-order valence-corrected chi connectivity index (χ1v) is 7.63. The molecule has 1 aliphatic heterocycles. The van der Waals surface area contributed by atoms with E-state index in [1.54, 1.807) is 0 Å². The molecule has 0 aromatic heterocycles.